The molecule has 2 aromatic rings. The Balaban J connectivity index is 2.23. The van der Waals surface area contributed by atoms with Gasteiger partial charge in [0.25, 0.3) is 5.69 Å². The van der Waals surface area contributed by atoms with Crippen molar-refractivity contribution in [2.24, 2.45) is 0 Å². The third-order valence-corrected chi connectivity index (χ3v) is 3.46. The Morgan fingerprint density at radius 2 is 1.88 bits per heavy atom. The summed E-state index contributed by atoms with van der Waals surface area (Å²) in [6, 6.07) is 7.30. The van der Waals surface area contributed by atoms with Gasteiger partial charge in [0.05, 0.1) is 17.4 Å². The van der Waals surface area contributed by atoms with Crippen LogP contribution >= 0.6 is 0 Å². The first-order valence-corrected chi connectivity index (χ1v) is 7.28. The SMILES string of the molecule is Cc1cc([N+](=O)[O-])c(-c2ccc(NC(=O)CCC(=O)O)cc2)c[n+]1[O-]. The Morgan fingerprint density at radius 1 is 1.24 bits per heavy atom. The lowest BCUT2D eigenvalue weighted by molar-refractivity contribution is -0.612. The van der Waals surface area contributed by atoms with E-state index in [4.69, 9.17) is 5.11 Å². The van der Waals surface area contributed by atoms with E-state index in [1.54, 1.807) is 0 Å². The van der Waals surface area contributed by atoms with Crippen molar-refractivity contribution >= 4 is 23.3 Å². The summed E-state index contributed by atoms with van der Waals surface area (Å²) in [7, 11) is 0. The number of nitro groups is 1. The molecule has 1 amide bonds. The van der Waals surface area contributed by atoms with Crippen LogP contribution in [0, 0.1) is 22.2 Å². The highest BCUT2D eigenvalue weighted by Gasteiger charge is 2.21. The van der Waals surface area contributed by atoms with Gasteiger partial charge < -0.3 is 15.6 Å². The number of aliphatic carboxylic acids is 1. The summed E-state index contributed by atoms with van der Waals surface area (Å²) in [4.78, 5) is 32.6. The molecule has 0 saturated carbocycles. The zero-order valence-corrected chi connectivity index (χ0v) is 13.3. The van der Waals surface area contributed by atoms with Crippen LogP contribution < -0.4 is 10.0 Å². The number of hydrogen-bond acceptors (Lipinski definition) is 5. The molecule has 0 aliphatic rings. The number of carbonyl (C=O) groups is 2. The molecule has 0 radical (unpaired) electrons. The van der Waals surface area contributed by atoms with Gasteiger partial charge >= 0.3 is 5.97 Å². The van der Waals surface area contributed by atoms with E-state index in [1.165, 1.54) is 37.3 Å². The number of carboxylic acid groups (broad SMARTS) is 1. The topological polar surface area (TPSA) is 136 Å². The molecule has 25 heavy (non-hydrogen) atoms. The lowest BCUT2D eigenvalue weighted by Crippen LogP contribution is -2.29. The van der Waals surface area contributed by atoms with Gasteiger partial charge in [-0.15, -0.1) is 0 Å². The Bertz CT molecular complexity index is 833. The van der Waals surface area contributed by atoms with Crippen molar-refractivity contribution in [1.82, 2.24) is 0 Å². The largest absolute Gasteiger partial charge is 0.618 e. The zero-order valence-electron chi connectivity index (χ0n) is 13.3. The van der Waals surface area contributed by atoms with E-state index in [-0.39, 0.29) is 29.8 Å². The summed E-state index contributed by atoms with van der Waals surface area (Å²) in [5.41, 5.74) is 1.04. The number of hydrogen-bond donors (Lipinski definition) is 2. The maximum Gasteiger partial charge on any atom is 0.303 e. The first-order valence-electron chi connectivity index (χ1n) is 7.28. The molecule has 0 aliphatic heterocycles. The molecule has 0 bridgehead atoms. The van der Waals surface area contributed by atoms with Crippen LogP contribution in [0.25, 0.3) is 11.1 Å². The lowest BCUT2D eigenvalue weighted by atomic mass is 10.0. The quantitative estimate of drug-likeness (QED) is 0.355. The molecule has 0 spiro atoms. The zero-order chi connectivity index (χ0) is 18.6. The fourth-order valence-electron chi connectivity index (χ4n) is 2.17. The number of pyridine rings is 1. The van der Waals surface area contributed by atoms with Crippen LogP contribution in [0.1, 0.15) is 18.5 Å². The van der Waals surface area contributed by atoms with Crippen LogP contribution in [0.15, 0.2) is 36.5 Å². The summed E-state index contributed by atoms with van der Waals surface area (Å²) in [6.45, 7) is 1.47. The normalized spacial score (nSPS) is 10.3. The van der Waals surface area contributed by atoms with Crippen molar-refractivity contribution < 1.29 is 24.3 Å². The summed E-state index contributed by atoms with van der Waals surface area (Å²) in [5, 5.41) is 34.0. The molecule has 0 atom stereocenters. The predicted octanol–water partition coefficient (Wildman–Crippen LogP) is 2.01. The summed E-state index contributed by atoms with van der Waals surface area (Å²) >= 11 is 0. The Kier molecular flexibility index (Phi) is 5.28. The van der Waals surface area contributed by atoms with Crippen LogP contribution in [0.2, 0.25) is 0 Å². The number of aryl methyl sites for hydroxylation is 1. The van der Waals surface area contributed by atoms with Gasteiger partial charge in [0, 0.05) is 19.0 Å². The smallest absolute Gasteiger partial charge is 0.303 e. The number of rotatable bonds is 6. The Labute approximate surface area is 142 Å². The van der Waals surface area contributed by atoms with Crippen molar-refractivity contribution in [3.8, 4) is 11.1 Å². The lowest BCUT2D eigenvalue weighted by Gasteiger charge is -2.08. The van der Waals surface area contributed by atoms with Crippen LogP contribution in [-0.2, 0) is 9.59 Å². The molecule has 130 valence electrons. The van der Waals surface area contributed by atoms with Gasteiger partial charge in [-0.05, 0) is 17.7 Å². The van der Waals surface area contributed by atoms with Gasteiger partial charge in [0.2, 0.25) is 5.91 Å². The molecule has 9 nitrogen and oxygen atoms in total. The predicted molar refractivity (Wildman–Crippen MR) is 87.7 cm³/mol. The first kappa shape index (κ1) is 17.9. The number of benzene rings is 1. The molecular weight excluding hydrogens is 330 g/mol. The number of amides is 1. The fourth-order valence-corrected chi connectivity index (χ4v) is 2.17. The van der Waals surface area contributed by atoms with E-state index in [9.17, 15) is 24.9 Å². The number of anilines is 1. The second kappa shape index (κ2) is 7.39. The monoisotopic (exact) mass is 345 g/mol. The second-order valence-corrected chi connectivity index (χ2v) is 5.32. The van der Waals surface area contributed by atoms with Gasteiger partial charge in [-0.3, -0.25) is 19.7 Å². The fraction of sp³-hybridized carbons (Fsp3) is 0.188. The number of aromatic nitrogens is 1. The van der Waals surface area contributed by atoms with Crippen molar-refractivity contribution in [3.63, 3.8) is 0 Å². The molecule has 1 aromatic carbocycles. The van der Waals surface area contributed by atoms with Gasteiger partial charge in [-0.1, -0.05) is 12.1 Å². The van der Waals surface area contributed by atoms with Crippen molar-refractivity contribution in [3.05, 3.63) is 57.5 Å². The highest BCUT2D eigenvalue weighted by Crippen LogP contribution is 2.29. The van der Waals surface area contributed by atoms with Gasteiger partial charge in [0.1, 0.15) is 5.56 Å². The van der Waals surface area contributed by atoms with E-state index in [1.807, 2.05) is 0 Å². The maximum atomic E-state index is 11.7. The van der Waals surface area contributed by atoms with Crippen LogP contribution in [0.4, 0.5) is 11.4 Å². The standard InChI is InChI=1S/C16H15N3O6/c1-10-8-14(19(24)25)13(9-18(10)23)11-2-4-12(5-3-11)17-15(20)6-7-16(21)22/h2-5,8-9H,6-7H2,1H3,(H,17,20)(H,21,22). The Hall–Kier alpha value is -3.49. The molecule has 0 aliphatic carbocycles. The molecular formula is C16H15N3O6. The summed E-state index contributed by atoms with van der Waals surface area (Å²) < 4.78 is 0.546. The van der Waals surface area contributed by atoms with E-state index in [2.05, 4.69) is 5.32 Å². The van der Waals surface area contributed by atoms with Crippen LogP contribution in [-0.4, -0.2) is 21.9 Å². The number of carbonyl (C=O) groups excluding carboxylic acids is 1. The van der Waals surface area contributed by atoms with Gasteiger partial charge in [-0.2, -0.15) is 4.73 Å². The highest BCUT2D eigenvalue weighted by molar-refractivity contribution is 5.92. The first-order chi connectivity index (χ1) is 11.8. The average molecular weight is 345 g/mol. The van der Waals surface area contributed by atoms with Gasteiger partial charge in [-0.25, -0.2) is 0 Å². The van der Waals surface area contributed by atoms with Crippen LogP contribution in [0.5, 0.6) is 0 Å². The minimum absolute atomic E-state index is 0.156. The molecule has 1 aromatic heterocycles. The molecule has 1 heterocycles. The van der Waals surface area contributed by atoms with E-state index < -0.39 is 16.8 Å². The molecule has 9 heteroatoms. The number of nitrogens with zero attached hydrogens (tertiary/aromatic N) is 2. The molecule has 0 fully saturated rings. The third kappa shape index (κ3) is 4.50. The number of carboxylic acids is 1. The van der Waals surface area contributed by atoms with Crippen LogP contribution in [0.3, 0.4) is 0 Å². The molecule has 0 unspecified atom stereocenters. The van der Waals surface area contributed by atoms with Crippen molar-refractivity contribution in [2.75, 3.05) is 5.32 Å². The molecule has 0 saturated heterocycles. The second-order valence-electron chi connectivity index (χ2n) is 5.32. The number of nitrogens with one attached hydrogen (secondary N) is 1. The van der Waals surface area contributed by atoms with Crippen molar-refractivity contribution in [1.29, 1.82) is 0 Å². The minimum atomic E-state index is -1.07. The molecule has 2 rings (SSSR count). The highest BCUT2D eigenvalue weighted by atomic mass is 16.6. The minimum Gasteiger partial charge on any atom is -0.618 e. The van der Waals surface area contributed by atoms with Gasteiger partial charge in [0.15, 0.2) is 11.9 Å². The summed E-state index contributed by atoms with van der Waals surface area (Å²) in [5.74, 6) is -1.52. The summed E-state index contributed by atoms with van der Waals surface area (Å²) in [6.07, 6.45) is 0.702. The van der Waals surface area contributed by atoms with E-state index in [0.717, 1.165) is 6.20 Å². The van der Waals surface area contributed by atoms with E-state index >= 15 is 0 Å². The Morgan fingerprint density at radius 3 is 2.44 bits per heavy atom. The third-order valence-electron chi connectivity index (χ3n) is 3.46. The van der Waals surface area contributed by atoms with Crippen molar-refractivity contribution in [2.45, 2.75) is 19.8 Å². The van der Waals surface area contributed by atoms with E-state index in [0.29, 0.717) is 16.0 Å². The average Bonchev–Trinajstić information content (AvgIpc) is 2.55. The maximum absolute atomic E-state index is 11.7. The molecule has 2 N–H and O–H groups in total.